The number of hydrogen-bond acceptors (Lipinski definition) is 3. The Morgan fingerprint density at radius 2 is 2.06 bits per heavy atom. The Kier molecular flexibility index (Phi) is 6.08. The summed E-state index contributed by atoms with van der Waals surface area (Å²) >= 11 is 1.51. The normalized spacial score (nSPS) is 12.2. The van der Waals surface area contributed by atoms with Crippen molar-refractivity contribution in [1.29, 1.82) is 0 Å². The molecule has 0 saturated carbocycles. The minimum atomic E-state index is -0.124. The zero-order chi connectivity index (χ0) is 12.7. The molecule has 0 aromatic heterocycles. The van der Waals surface area contributed by atoms with Gasteiger partial charge in [0, 0.05) is 4.90 Å². The summed E-state index contributed by atoms with van der Waals surface area (Å²) in [5.74, 6) is 0.357. The van der Waals surface area contributed by atoms with Gasteiger partial charge in [0.1, 0.15) is 0 Å². The first-order chi connectivity index (χ1) is 8.15. The van der Waals surface area contributed by atoms with Crippen LogP contribution in [0.3, 0.4) is 0 Å². The summed E-state index contributed by atoms with van der Waals surface area (Å²) in [6.45, 7) is 3.97. The maximum absolute atomic E-state index is 11.6. The molecule has 2 N–H and O–H groups in total. The lowest BCUT2D eigenvalue weighted by molar-refractivity contribution is -0.119. The van der Waals surface area contributed by atoms with Gasteiger partial charge in [-0.15, -0.1) is 11.8 Å². The third-order valence-electron chi connectivity index (χ3n) is 2.47. The van der Waals surface area contributed by atoms with Crippen LogP contribution in [0.1, 0.15) is 18.9 Å². The van der Waals surface area contributed by atoms with Crippen molar-refractivity contribution in [2.45, 2.75) is 31.2 Å². The lowest BCUT2D eigenvalue weighted by Crippen LogP contribution is -2.37. The molecule has 0 fully saturated rings. The SMILES string of the molecule is CCC(CO)NC(=O)CSc1ccc(C)cc1. The Morgan fingerprint density at radius 1 is 1.41 bits per heavy atom. The van der Waals surface area contributed by atoms with Crippen molar-refractivity contribution in [2.24, 2.45) is 0 Å². The van der Waals surface area contributed by atoms with Gasteiger partial charge in [0.05, 0.1) is 18.4 Å². The minimum absolute atomic E-state index is 0.00254. The molecule has 3 nitrogen and oxygen atoms in total. The Morgan fingerprint density at radius 3 is 2.59 bits per heavy atom. The maximum atomic E-state index is 11.6. The number of thioether (sulfide) groups is 1. The minimum Gasteiger partial charge on any atom is -0.394 e. The van der Waals surface area contributed by atoms with E-state index in [4.69, 9.17) is 5.11 Å². The second-order valence-corrected chi connectivity index (χ2v) is 5.01. The molecule has 17 heavy (non-hydrogen) atoms. The van der Waals surface area contributed by atoms with Gasteiger partial charge in [-0.05, 0) is 25.5 Å². The van der Waals surface area contributed by atoms with Gasteiger partial charge in [-0.1, -0.05) is 24.6 Å². The van der Waals surface area contributed by atoms with Crippen molar-refractivity contribution in [3.05, 3.63) is 29.8 Å². The van der Waals surface area contributed by atoms with Gasteiger partial charge in [-0.2, -0.15) is 0 Å². The van der Waals surface area contributed by atoms with Gasteiger partial charge in [0.15, 0.2) is 0 Å². The molecule has 0 aliphatic carbocycles. The van der Waals surface area contributed by atoms with E-state index in [9.17, 15) is 4.79 Å². The van der Waals surface area contributed by atoms with Crippen LogP contribution in [0.25, 0.3) is 0 Å². The summed E-state index contributed by atoms with van der Waals surface area (Å²) in [4.78, 5) is 12.7. The fraction of sp³-hybridized carbons (Fsp3) is 0.462. The van der Waals surface area contributed by atoms with Crippen LogP contribution in [-0.4, -0.2) is 29.4 Å². The Balaban J connectivity index is 2.35. The number of carbonyl (C=O) groups excluding carboxylic acids is 1. The van der Waals surface area contributed by atoms with E-state index in [0.717, 1.165) is 11.3 Å². The average molecular weight is 253 g/mol. The van der Waals surface area contributed by atoms with E-state index in [-0.39, 0.29) is 18.6 Å². The van der Waals surface area contributed by atoms with Crippen LogP contribution in [0.5, 0.6) is 0 Å². The van der Waals surface area contributed by atoms with Crippen molar-refractivity contribution in [3.63, 3.8) is 0 Å². The zero-order valence-electron chi connectivity index (χ0n) is 10.3. The number of aryl methyl sites for hydroxylation is 1. The molecule has 1 aromatic carbocycles. The van der Waals surface area contributed by atoms with Crippen molar-refractivity contribution < 1.29 is 9.90 Å². The number of rotatable bonds is 6. The number of nitrogens with one attached hydrogen (secondary N) is 1. The molecular formula is C13H19NO2S. The Labute approximate surface area is 107 Å². The van der Waals surface area contributed by atoms with Gasteiger partial charge in [0.2, 0.25) is 5.91 Å². The van der Waals surface area contributed by atoms with E-state index < -0.39 is 0 Å². The Bertz CT molecular complexity index is 347. The molecule has 0 bridgehead atoms. The van der Waals surface area contributed by atoms with Crippen LogP contribution >= 0.6 is 11.8 Å². The van der Waals surface area contributed by atoms with Gasteiger partial charge < -0.3 is 10.4 Å². The van der Waals surface area contributed by atoms with Crippen LogP contribution < -0.4 is 5.32 Å². The molecule has 1 amide bonds. The summed E-state index contributed by atoms with van der Waals surface area (Å²) in [6, 6.07) is 7.96. The highest BCUT2D eigenvalue weighted by Gasteiger charge is 2.09. The van der Waals surface area contributed by atoms with Crippen LogP contribution in [0.2, 0.25) is 0 Å². The first-order valence-electron chi connectivity index (χ1n) is 5.75. The van der Waals surface area contributed by atoms with Crippen LogP contribution in [0.15, 0.2) is 29.2 Å². The van der Waals surface area contributed by atoms with E-state index >= 15 is 0 Å². The fourth-order valence-electron chi connectivity index (χ4n) is 1.33. The highest BCUT2D eigenvalue weighted by Crippen LogP contribution is 2.17. The zero-order valence-corrected chi connectivity index (χ0v) is 11.1. The topological polar surface area (TPSA) is 49.3 Å². The number of hydrogen-bond donors (Lipinski definition) is 2. The summed E-state index contributed by atoms with van der Waals surface area (Å²) in [6.07, 6.45) is 0.747. The van der Waals surface area contributed by atoms with Crippen molar-refractivity contribution in [3.8, 4) is 0 Å². The number of aliphatic hydroxyl groups excluding tert-OH is 1. The smallest absolute Gasteiger partial charge is 0.230 e. The van der Waals surface area contributed by atoms with Gasteiger partial charge in [-0.3, -0.25) is 4.79 Å². The molecule has 1 unspecified atom stereocenters. The molecule has 0 radical (unpaired) electrons. The predicted octanol–water partition coefficient (Wildman–Crippen LogP) is 1.97. The molecule has 0 saturated heterocycles. The van der Waals surface area contributed by atoms with Crippen molar-refractivity contribution in [2.75, 3.05) is 12.4 Å². The number of benzene rings is 1. The summed E-state index contributed by atoms with van der Waals surface area (Å²) in [5, 5.41) is 11.8. The molecule has 1 atom stereocenters. The predicted molar refractivity (Wildman–Crippen MR) is 71.2 cm³/mol. The molecule has 1 rings (SSSR count). The molecular weight excluding hydrogens is 234 g/mol. The summed E-state index contributed by atoms with van der Waals surface area (Å²) in [7, 11) is 0. The first kappa shape index (κ1) is 14.1. The van der Waals surface area contributed by atoms with Crippen molar-refractivity contribution >= 4 is 17.7 Å². The molecule has 0 heterocycles. The first-order valence-corrected chi connectivity index (χ1v) is 6.74. The van der Waals surface area contributed by atoms with E-state index in [2.05, 4.69) is 5.32 Å². The second kappa shape index (κ2) is 7.35. The molecule has 0 aliphatic heterocycles. The van der Waals surface area contributed by atoms with E-state index in [0.29, 0.717) is 5.75 Å². The van der Waals surface area contributed by atoms with Crippen molar-refractivity contribution in [1.82, 2.24) is 5.32 Å². The number of amides is 1. The largest absolute Gasteiger partial charge is 0.394 e. The summed E-state index contributed by atoms with van der Waals surface area (Å²) in [5.41, 5.74) is 1.21. The van der Waals surface area contributed by atoms with Crippen LogP contribution in [0, 0.1) is 6.92 Å². The molecule has 1 aromatic rings. The van der Waals surface area contributed by atoms with Crippen LogP contribution in [-0.2, 0) is 4.79 Å². The van der Waals surface area contributed by atoms with Gasteiger partial charge in [0.25, 0.3) is 0 Å². The lowest BCUT2D eigenvalue weighted by Gasteiger charge is -2.13. The van der Waals surface area contributed by atoms with E-state index in [1.54, 1.807) is 0 Å². The summed E-state index contributed by atoms with van der Waals surface area (Å²) < 4.78 is 0. The molecule has 0 spiro atoms. The van der Waals surface area contributed by atoms with E-state index in [1.807, 2.05) is 38.1 Å². The lowest BCUT2D eigenvalue weighted by atomic mass is 10.2. The standard InChI is InChI=1S/C13H19NO2S/c1-3-11(8-15)14-13(16)9-17-12-6-4-10(2)5-7-12/h4-7,11,15H,3,8-9H2,1-2H3,(H,14,16). The monoisotopic (exact) mass is 253 g/mol. The molecule has 0 aliphatic rings. The fourth-order valence-corrected chi connectivity index (χ4v) is 2.04. The second-order valence-electron chi connectivity index (χ2n) is 3.96. The van der Waals surface area contributed by atoms with Gasteiger partial charge in [-0.25, -0.2) is 0 Å². The number of carbonyl (C=O) groups is 1. The average Bonchev–Trinajstić information content (AvgIpc) is 2.35. The maximum Gasteiger partial charge on any atom is 0.230 e. The highest BCUT2D eigenvalue weighted by molar-refractivity contribution is 8.00. The van der Waals surface area contributed by atoms with E-state index in [1.165, 1.54) is 17.3 Å². The highest BCUT2D eigenvalue weighted by atomic mass is 32.2. The third-order valence-corrected chi connectivity index (χ3v) is 3.48. The van der Waals surface area contributed by atoms with Gasteiger partial charge >= 0.3 is 0 Å². The molecule has 4 heteroatoms. The number of aliphatic hydroxyl groups is 1. The Hall–Kier alpha value is -1.00. The quantitative estimate of drug-likeness (QED) is 0.762. The third kappa shape index (κ3) is 5.24. The van der Waals surface area contributed by atoms with Crippen LogP contribution in [0.4, 0.5) is 0 Å². The molecule has 94 valence electrons.